The first-order valence-electron chi connectivity index (χ1n) is 9.35. The van der Waals surface area contributed by atoms with Crippen molar-refractivity contribution < 1.29 is 9.59 Å². The van der Waals surface area contributed by atoms with E-state index in [1.807, 2.05) is 43.4 Å². The average Bonchev–Trinajstić information content (AvgIpc) is 3.07. The number of rotatable bonds is 8. The summed E-state index contributed by atoms with van der Waals surface area (Å²) in [6, 6.07) is 15.8. The van der Waals surface area contributed by atoms with Crippen LogP contribution in [0.2, 0.25) is 0 Å². The molecule has 2 aromatic rings. The van der Waals surface area contributed by atoms with Crippen molar-refractivity contribution >= 4 is 17.5 Å². The molecular weight excluding hydrogens is 340 g/mol. The number of anilines is 1. The molecule has 6 nitrogen and oxygen atoms in total. The summed E-state index contributed by atoms with van der Waals surface area (Å²) in [7, 11) is 2.04. The van der Waals surface area contributed by atoms with Crippen LogP contribution in [0.4, 0.5) is 5.69 Å². The molecule has 27 heavy (non-hydrogen) atoms. The molecule has 0 unspecified atom stereocenters. The molecule has 1 N–H and O–H groups in total. The minimum absolute atomic E-state index is 0.0182. The minimum atomic E-state index is -0.270. The van der Waals surface area contributed by atoms with Gasteiger partial charge in [0.2, 0.25) is 11.8 Å². The number of pyridine rings is 1. The normalized spacial score (nSPS) is 16.4. The molecule has 1 aliphatic heterocycles. The second kappa shape index (κ2) is 9.16. The number of likely N-dealkylation sites (tertiary alicyclic amines) is 1. The summed E-state index contributed by atoms with van der Waals surface area (Å²) < 4.78 is 0. The topological polar surface area (TPSA) is 65.5 Å². The smallest absolute Gasteiger partial charge is 0.225 e. The van der Waals surface area contributed by atoms with Crippen LogP contribution >= 0.6 is 0 Å². The number of hydrogen-bond donors (Lipinski definition) is 1. The second-order valence-corrected chi connectivity index (χ2v) is 6.90. The van der Waals surface area contributed by atoms with E-state index in [2.05, 4.69) is 27.3 Å². The van der Waals surface area contributed by atoms with Crippen molar-refractivity contribution in [1.29, 1.82) is 0 Å². The highest BCUT2D eigenvalue weighted by Crippen LogP contribution is 2.20. The van der Waals surface area contributed by atoms with Gasteiger partial charge in [-0.25, -0.2) is 0 Å². The van der Waals surface area contributed by atoms with E-state index in [1.54, 1.807) is 11.1 Å². The van der Waals surface area contributed by atoms with Crippen molar-refractivity contribution in [3.63, 3.8) is 0 Å². The number of nitrogens with zero attached hydrogens (tertiary/aromatic N) is 3. The quantitative estimate of drug-likeness (QED) is 0.727. The largest absolute Gasteiger partial charge is 0.375 e. The minimum Gasteiger partial charge on any atom is -0.375 e. The Morgan fingerprint density at radius 1 is 1.22 bits per heavy atom. The molecule has 1 atom stereocenters. The fourth-order valence-corrected chi connectivity index (χ4v) is 3.27. The zero-order valence-electron chi connectivity index (χ0n) is 15.7. The van der Waals surface area contributed by atoms with E-state index in [-0.39, 0.29) is 24.2 Å². The summed E-state index contributed by atoms with van der Waals surface area (Å²) in [6.45, 7) is 2.40. The maximum atomic E-state index is 12.4. The summed E-state index contributed by atoms with van der Waals surface area (Å²) in [4.78, 5) is 32.7. The molecule has 142 valence electrons. The SMILES string of the molecule is CN(CCCNC(=O)[C@@H]1CC(=O)N(Cc2ccccn2)C1)c1ccccc1. The number of benzene rings is 1. The first-order valence-corrected chi connectivity index (χ1v) is 9.35. The van der Waals surface area contributed by atoms with Gasteiger partial charge in [0.25, 0.3) is 0 Å². The molecule has 1 aromatic carbocycles. The van der Waals surface area contributed by atoms with Crippen LogP contribution in [0.5, 0.6) is 0 Å². The third-order valence-corrected chi connectivity index (χ3v) is 4.83. The van der Waals surface area contributed by atoms with Gasteiger partial charge >= 0.3 is 0 Å². The number of hydrogen-bond acceptors (Lipinski definition) is 4. The van der Waals surface area contributed by atoms with Crippen LogP contribution in [0, 0.1) is 5.92 Å². The molecule has 1 fully saturated rings. The number of amides is 2. The van der Waals surface area contributed by atoms with Gasteiger partial charge in [-0.15, -0.1) is 0 Å². The maximum Gasteiger partial charge on any atom is 0.225 e. The van der Waals surface area contributed by atoms with Crippen LogP contribution < -0.4 is 10.2 Å². The van der Waals surface area contributed by atoms with E-state index < -0.39 is 0 Å². The molecule has 2 amide bonds. The summed E-state index contributed by atoms with van der Waals surface area (Å²) >= 11 is 0. The van der Waals surface area contributed by atoms with Crippen molar-refractivity contribution in [2.45, 2.75) is 19.4 Å². The van der Waals surface area contributed by atoms with Crippen molar-refractivity contribution in [3.05, 3.63) is 60.4 Å². The second-order valence-electron chi connectivity index (χ2n) is 6.90. The standard InChI is InChI=1S/C21H26N4O2/c1-24(19-9-3-2-4-10-19)13-7-12-23-21(27)17-14-20(26)25(15-17)16-18-8-5-6-11-22-18/h2-6,8-11,17H,7,12-16H2,1H3,(H,23,27)/t17-/m1/s1. The predicted octanol–water partition coefficient (Wildman–Crippen LogP) is 2.07. The van der Waals surface area contributed by atoms with Crippen LogP contribution in [0.1, 0.15) is 18.5 Å². The van der Waals surface area contributed by atoms with Crippen molar-refractivity contribution in [2.75, 3.05) is 31.6 Å². The van der Waals surface area contributed by atoms with Crippen molar-refractivity contribution in [1.82, 2.24) is 15.2 Å². The van der Waals surface area contributed by atoms with Gasteiger partial charge in [-0.2, -0.15) is 0 Å². The number of carbonyl (C=O) groups excluding carboxylic acids is 2. The fraction of sp³-hybridized carbons (Fsp3) is 0.381. The monoisotopic (exact) mass is 366 g/mol. The third kappa shape index (κ3) is 5.29. The molecule has 2 heterocycles. The Morgan fingerprint density at radius 2 is 2.00 bits per heavy atom. The van der Waals surface area contributed by atoms with E-state index in [9.17, 15) is 9.59 Å². The molecule has 1 saturated heterocycles. The van der Waals surface area contributed by atoms with E-state index >= 15 is 0 Å². The Balaban J connectivity index is 1.39. The van der Waals surface area contributed by atoms with Crippen LogP contribution in [0.3, 0.4) is 0 Å². The van der Waals surface area contributed by atoms with Gasteiger partial charge in [0.15, 0.2) is 0 Å². The van der Waals surface area contributed by atoms with Crippen molar-refractivity contribution in [2.24, 2.45) is 5.92 Å². The summed E-state index contributed by atoms with van der Waals surface area (Å²) in [5, 5.41) is 2.98. The van der Waals surface area contributed by atoms with Crippen LogP contribution in [-0.2, 0) is 16.1 Å². The van der Waals surface area contributed by atoms with E-state index in [1.165, 1.54) is 0 Å². The van der Waals surface area contributed by atoms with E-state index in [0.717, 1.165) is 24.3 Å². The highest BCUT2D eigenvalue weighted by Gasteiger charge is 2.34. The fourth-order valence-electron chi connectivity index (χ4n) is 3.27. The zero-order chi connectivity index (χ0) is 19.1. The summed E-state index contributed by atoms with van der Waals surface area (Å²) in [6.07, 6.45) is 2.85. The number of carbonyl (C=O) groups is 2. The number of para-hydroxylation sites is 1. The lowest BCUT2D eigenvalue weighted by Crippen LogP contribution is -2.34. The Morgan fingerprint density at radius 3 is 2.74 bits per heavy atom. The first kappa shape index (κ1) is 18.9. The molecule has 1 aliphatic rings. The van der Waals surface area contributed by atoms with Gasteiger partial charge in [-0.05, 0) is 30.7 Å². The zero-order valence-corrected chi connectivity index (χ0v) is 15.7. The molecule has 6 heteroatoms. The van der Waals surface area contributed by atoms with Crippen LogP contribution in [-0.4, -0.2) is 48.4 Å². The molecule has 0 bridgehead atoms. The lowest BCUT2D eigenvalue weighted by atomic mass is 10.1. The van der Waals surface area contributed by atoms with Crippen molar-refractivity contribution in [3.8, 4) is 0 Å². The van der Waals surface area contributed by atoms with Crippen LogP contribution in [0.25, 0.3) is 0 Å². The Bertz CT molecular complexity index is 751. The Kier molecular flexibility index (Phi) is 6.41. The van der Waals surface area contributed by atoms with Crippen LogP contribution in [0.15, 0.2) is 54.7 Å². The van der Waals surface area contributed by atoms with E-state index in [4.69, 9.17) is 0 Å². The first-order chi connectivity index (χ1) is 13.1. The molecule has 3 rings (SSSR count). The van der Waals surface area contributed by atoms with Gasteiger partial charge in [0.1, 0.15) is 0 Å². The van der Waals surface area contributed by atoms with Gasteiger partial charge in [-0.1, -0.05) is 24.3 Å². The highest BCUT2D eigenvalue weighted by atomic mass is 16.2. The Labute approximate surface area is 160 Å². The van der Waals surface area contributed by atoms with Gasteiger partial charge in [-0.3, -0.25) is 14.6 Å². The maximum absolute atomic E-state index is 12.4. The number of nitrogens with one attached hydrogen (secondary N) is 1. The highest BCUT2D eigenvalue weighted by molar-refractivity contribution is 5.89. The molecule has 0 spiro atoms. The number of aromatic nitrogens is 1. The molecule has 0 radical (unpaired) electrons. The van der Waals surface area contributed by atoms with Gasteiger partial charge < -0.3 is 15.1 Å². The molecule has 0 saturated carbocycles. The van der Waals surface area contributed by atoms with Gasteiger partial charge in [0, 0.05) is 45.0 Å². The molecule has 1 aromatic heterocycles. The summed E-state index contributed by atoms with van der Waals surface area (Å²) in [5.74, 6) is -0.285. The predicted molar refractivity (Wildman–Crippen MR) is 105 cm³/mol. The summed E-state index contributed by atoms with van der Waals surface area (Å²) in [5.41, 5.74) is 2.01. The Hall–Kier alpha value is -2.89. The lowest BCUT2D eigenvalue weighted by molar-refractivity contribution is -0.129. The third-order valence-electron chi connectivity index (χ3n) is 4.83. The van der Waals surface area contributed by atoms with Gasteiger partial charge in [0.05, 0.1) is 18.2 Å². The lowest BCUT2D eigenvalue weighted by Gasteiger charge is -2.19. The molecule has 0 aliphatic carbocycles. The molecular formula is C21H26N4O2. The average molecular weight is 366 g/mol. The van der Waals surface area contributed by atoms with E-state index in [0.29, 0.717) is 19.6 Å².